The van der Waals surface area contributed by atoms with Crippen molar-refractivity contribution in [3.8, 4) is 0 Å². The summed E-state index contributed by atoms with van der Waals surface area (Å²) in [7, 11) is 0. The zero-order valence-electron chi connectivity index (χ0n) is 7.80. The fourth-order valence-electron chi connectivity index (χ4n) is 1.35. The van der Waals surface area contributed by atoms with Gasteiger partial charge in [0, 0.05) is 22.5 Å². The molecule has 1 aliphatic rings. The van der Waals surface area contributed by atoms with Crippen molar-refractivity contribution >= 4 is 23.5 Å². The second-order valence-electron chi connectivity index (χ2n) is 3.05. The Balaban J connectivity index is 1.95. The first-order valence-corrected chi connectivity index (χ1v) is 6.75. The lowest BCUT2D eigenvalue weighted by molar-refractivity contribution is 0.565. The van der Waals surface area contributed by atoms with Crippen LogP contribution in [-0.2, 0) is 13.1 Å². The van der Waals surface area contributed by atoms with Crippen LogP contribution in [-0.4, -0.2) is 42.7 Å². The van der Waals surface area contributed by atoms with Crippen LogP contribution in [0.25, 0.3) is 0 Å². The second-order valence-corrected chi connectivity index (χ2v) is 5.61. The predicted octanol–water partition coefficient (Wildman–Crippen LogP) is -0.0196. The molecule has 1 aromatic heterocycles. The molecule has 0 aliphatic carbocycles. The minimum Gasteiger partial charge on any atom is -0.324 e. The maximum atomic E-state index is 5.52. The number of hydrogen-bond acceptors (Lipinski definition) is 6. The molecule has 0 amide bonds. The minimum atomic E-state index is 0.414. The third kappa shape index (κ3) is 2.40. The predicted molar refractivity (Wildman–Crippen MR) is 59.3 cm³/mol. The minimum absolute atomic E-state index is 0.414. The molecule has 0 spiro atoms. The van der Waals surface area contributed by atoms with E-state index < -0.39 is 0 Å². The van der Waals surface area contributed by atoms with Gasteiger partial charge in [-0.1, -0.05) is 0 Å². The zero-order chi connectivity index (χ0) is 9.80. The Labute approximate surface area is 91.2 Å². The molecule has 2 N–H and O–H groups in total. The second kappa shape index (κ2) is 4.99. The van der Waals surface area contributed by atoms with E-state index in [1.165, 1.54) is 17.3 Å². The molecule has 78 valence electrons. The van der Waals surface area contributed by atoms with Crippen molar-refractivity contribution in [2.24, 2.45) is 5.73 Å². The Hall–Kier alpha value is -0.270. The molecule has 1 atom stereocenters. The molecule has 5 nitrogen and oxygen atoms in total. The van der Waals surface area contributed by atoms with Gasteiger partial charge in [0.15, 0.2) is 5.82 Å². The summed E-state index contributed by atoms with van der Waals surface area (Å²) in [6.07, 6.45) is 0. The number of hydrogen-bond donors (Lipinski definition) is 1. The van der Waals surface area contributed by atoms with E-state index in [1.807, 2.05) is 28.2 Å². The van der Waals surface area contributed by atoms with Crippen molar-refractivity contribution in [1.29, 1.82) is 0 Å². The van der Waals surface area contributed by atoms with Crippen molar-refractivity contribution in [2.75, 3.05) is 17.3 Å². The van der Waals surface area contributed by atoms with Gasteiger partial charge in [-0.05, 0) is 10.4 Å². The Morgan fingerprint density at radius 3 is 3.14 bits per heavy atom. The van der Waals surface area contributed by atoms with Gasteiger partial charge < -0.3 is 5.73 Å². The van der Waals surface area contributed by atoms with Gasteiger partial charge in [-0.15, -0.1) is 5.10 Å². The SMILES string of the molecule is NCc1nnnn1CC1CSCCS1. The topological polar surface area (TPSA) is 69.6 Å². The molecule has 0 saturated carbocycles. The summed E-state index contributed by atoms with van der Waals surface area (Å²) in [6.45, 7) is 1.30. The Kier molecular flexibility index (Phi) is 3.66. The van der Waals surface area contributed by atoms with Gasteiger partial charge in [0.2, 0.25) is 0 Å². The first-order chi connectivity index (χ1) is 6.90. The lowest BCUT2D eigenvalue weighted by Gasteiger charge is -2.20. The standard InChI is InChI=1S/C7H13N5S2/c8-3-7-9-10-11-12(7)4-6-5-13-1-2-14-6/h6H,1-5,8H2. The molecule has 7 heteroatoms. The van der Waals surface area contributed by atoms with Gasteiger partial charge in [-0.2, -0.15) is 23.5 Å². The van der Waals surface area contributed by atoms with Crippen LogP contribution >= 0.6 is 23.5 Å². The summed E-state index contributed by atoms with van der Waals surface area (Å²) >= 11 is 4.01. The first-order valence-electron chi connectivity index (χ1n) is 4.54. The van der Waals surface area contributed by atoms with Gasteiger partial charge in [-0.3, -0.25) is 0 Å². The van der Waals surface area contributed by atoms with E-state index in [9.17, 15) is 0 Å². The number of tetrazole rings is 1. The van der Waals surface area contributed by atoms with Crippen molar-refractivity contribution in [3.63, 3.8) is 0 Å². The maximum Gasteiger partial charge on any atom is 0.164 e. The van der Waals surface area contributed by atoms with E-state index in [-0.39, 0.29) is 0 Å². The number of nitrogens with zero attached hydrogens (tertiary/aromatic N) is 4. The Morgan fingerprint density at radius 2 is 2.43 bits per heavy atom. The van der Waals surface area contributed by atoms with E-state index in [1.54, 1.807) is 0 Å². The molecule has 1 unspecified atom stereocenters. The molecule has 2 rings (SSSR count). The van der Waals surface area contributed by atoms with E-state index in [2.05, 4.69) is 15.5 Å². The zero-order valence-corrected chi connectivity index (χ0v) is 9.43. The third-order valence-electron chi connectivity index (χ3n) is 2.05. The highest BCUT2D eigenvalue weighted by Gasteiger charge is 2.16. The van der Waals surface area contributed by atoms with Crippen LogP contribution in [0.1, 0.15) is 5.82 Å². The van der Waals surface area contributed by atoms with Crippen LogP contribution in [0.15, 0.2) is 0 Å². The summed E-state index contributed by atoms with van der Waals surface area (Å²) in [6, 6.07) is 0. The molecule has 0 aromatic carbocycles. The normalized spacial score (nSPS) is 22.5. The highest BCUT2D eigenvalue weighted by Crippen LogP contribution is 2.24. The van der Waals surface area contributed by atoms with Crippen LogP contribution in [0.5, 0.6) is 0 Å². The first kappa shape index (κ1) is 10.3. The Morgan fingerprint density at radius 1 is 1.50 bits per heavy atom. The van der Waals surface area contributed by atoms with Crippen LogP contribution < -0.4 is 5.73 Å². The molecular formula is C7H13N5S2. The maximum absolute atomic E-state index is 5.52. The third-order valence-corrected chi connectivity index (χ3v) is 4.88. The molecule has 1 aliphatic heterocycles. The summed E-state index contributed by atoms with van der Waals surface area (Å²) in [4.78, 5) is 0. The molecule has 14 heavy (non-hydrogen) atoms. The summed E-state index contributed by atoms with van der Waals surface area (Å²) in [5, 5.41) is 12.0. The molecule has 1 saturated heterocycles. The van der Waals surface area contributed by atoms with Gasteiger partial charge in [0.1, 0.15) is 0 Å². The van der Waals surface area contributed by atoms with E-state index in [0.29, 0.717) is 11.8 Å². The average molecular weight is 231 g/mol. The fourth-order valence-corrected chi connectivity index (χ4v) is 3.99. The molecule has 1 fully saturated rings. The fraction of sp³-hybridized carbons (Fsp3) is 0.857. The average Bonchev–Trinajstić information content (AvgIpc) is 2.67. The van der Waals surface area contributed by atoms with Crippen LogP contribution in [0, 0.1) is 0 Å². The van der Waals surface area contributed by atoms with Gasteiger partial charge >= 0.3 is 0 Å². The summed E-state index contributed by atoms with van der Waals surface area (Å²) in [5.41, 5.74) is 5.52. The molecular weight excluding hydrogens is 218 g/mol. The van der Waals surface area contributed by atoms with Crippen LogP contribution in [0.4, 0.5) is 0 Å². The smallest absolute Gasteiger partial charge is 0.164 e. The van der Waals surface area contributed by atoms with Crippen LogP contribution in [0.2, 0.25) is 0 Å². The molecule has 0 radical (unpaired) electrons. The lowest BCUT2D eigenvalue weighted by Crippen LogP contribution is -2.23. The van der Waals surface area contributed by atoms with Crippen LogP contribution in [0.3, 0.4) is 0 Å². The van der Waals surface area contributed by atoms with E-state index >= 15 is 0 Å². The molecule has 1 aromatic rings. The van der Waals surface area contributed by atoms with E-state index in [4.69, 9.17) is 5.73 Å². The van der Waals surface area contributed by atoms with Crippen molar-refractivity contribution in [2.45, 2.75) is 18.3 Å². The van der Waals surface area contributed by atoms with Crippen molar-refractivity contribution in [1.82, 2.24) is 20.2 Å². The largest absolute Gasteiger partial charge is 0.324 e. The highest BCUT2D eigenvalue weighted by molar-refractivity contribution is 8.06. The van der Waals surface area contributed by atoms with E-state index in [0.717, 1.165) is 12.4 Å². The van der Waals surface area contributed by atoms with Gasteiger partial charge in [0.05, 0.1) is 13.1 Å². The summed E-state index contributed by atoms with van der Waals surface area (Å²) in [5.74, 6) is 4.46. The number of aromatic nitrogens is 4. The lowest BCUT2D eigenvalue weighted by atomic mass is 10.4. The molecule has 2 heterocycles. The number of nitrogens with two attached hydrogens (primary N) is 1. The number of rotatable bonds is 3. The summed E-state index contributed by atoms with van der Waals surface area (Å²) < 4.78 is 1.82. The molecule has 0 bridgehead atoms. The van der Waals surface area contributed by atoms with Gasteiger partial charge in [0.25, 0.3) is 0 Å². The monoisotopic (exact) mass is 231 g/mol. The highest BCUT2D eigenvalue weighted by atomic mass is 32.2. The van der Waals surface area contributed by atoms with Gasteiger partial charge in [-0.25, -0.2) is 4.68 Å². The Bertz CT molecular complexity index is 283. The number of thioether (sulfide) groups is 2. The quantitative estimate of drug-likeness (QED) is 0.788. The van der Waals surface area contributed by atoms with Crippen molar-refractivity contribution < 1.29 is 0 Å². The van der Waals surface area contributed by atoms with Crippen molar-refractivity contribution in [3.05, 3.63) is 5.82 Å².